The van der Waals surface area contributed by atoms with Crippen LogP contribution in [0, 0.1) is 5.82 Å². The zero-order chi connectivity index (χ0) is 16.4. The van der Waals surface area contributed by atoms with Crippen molar-refractivity contribution < 1.29 is 18.7 Å². The van der Waals surface area contributed by atoms with Crippen LogP contribution in [0.1, 0.15) is 24.4 Å². The van der Waals surface area contributed by atoms with E-state index in [0.29, 0.717) is 18.7 Å². The summed E-state index contributed by atoms with van der Waals surface area (Å²) >= 11 is 0. The Hall–Kier alpha value is -1.99. The van der Waals surface area contributed by atoms with Crippen molar-refractivity contribution in [2.45, 2.75) is 31.0 Å². The molecule has 1 aromatic rings. The van der Waals surface area contributed by atoms with E-state index in [1.54, 1.807) is 12.1 Å². The second-order valence-corrected chi connectivity index (χ2v) is 5.99. The maximum Gasteiger partial charge on any atom is 0.247 e. The first-order valence-electron chi connectivity index (χ1n) is 7.75. The highest BCUT2D eigenvalue weighted by atomic mass is 19.1. The summed E-state index contributed by atoms with van der Waals surface area (Å²) in [6, 6.07) is 5.50. The van der Waals surface area contributed by atoms with Crippen LogP contribution in [0.2, 0.25) is 0 Å². The SMILES string of the molecule is NC(=O)[C@@H]1CN([C@@H](C(=O)NC2CC2)c2ccc(F)cc2)CCO1. The Morgan fingerprint density at radius 3 is 2.61 bits per heavy atom. The summed E-state index contributed by atoms with van der Waals surface area (Å²) in [4.78, 5) is 25.9. The summed E-state index contributed by atoms with van der Waals surface area (Å²) in [6.07, 6.45) is 1.23. The van der Waals surface area contributed by atoms with Gasteiger partial charge in [-0.05, 0) is 30.5 Å². The van der Waals surface area contributed by atoms with Gasteiger partial charge < -0.3 is 15.8 Å². The van der Waals surface area contributed by atoms with Gasteiger partial charge in [0, 0.05) is 19.1 Å². The zero-order valence-corrected chi connectivity index (χ0v) is 12.7. The Bertz CT molecular complexity index is 589. The van der Waals surface area contributed by atoms with Crippen molar-refractivity contribution in [1.82, 2.24) is 10.2 Å². The Morgan fingerprint density at radius 1 is 1.30 bits per heavy atom. The predicted molar refractivity (Wildman–Crippen MR) is 80.8 cm³/mol. The summed E-state index contributed by atoms with van der Waals surface area (Å²) in [6.45, 7) is 1.07. The molecule has 1 aliphatic heterocycles. The Kier molecular flexibility index (Phi) is 4.58. The van der Waals surface area contributed by atoms with Crippen molar-refractivity contribution in [3.63, 3.8) is 0 Å². The van der Waals surface area contributed by atoms with Gasteiger partial charge in [-0.3, -0.25) is 14.5 Å². The lowest BCUT2D eigenvalue weighted by Gasteiger charge is -2.36. The highest BCUT2D eigenvalue weighted by molar-refractivity contribution is 5.84. The van der Waals surface area contributed by atoms with Gasteiger partial charge in [0.25, 0.3) is 0 Å². The molecule has 0 radical (unpaired) electrons. The standard InChI is InChI=1S/C16H20FN3O3/c17-11-3-1-10(2-4-11)14(16(22)19-12-5-6-12)20-7-8-23-13(9-20)15(18)21/h1-4,12-14H,5-9H2,(H2,18,21)(H,19,22)/t13-,14+/m0/s1. The quantitative estimate of drug-likeness (QED) is 0.818. The van der Waals surface area contributed by atoms with Gasteiger partial charge in [-0.25, -0.2) is 4.39 Å². The monoisotopic (exact) mass is 321 g/mol. The maximum absolute atomic E-state index is 13.2. The van der Waals surface area contributed by atoms with Crippen molar-refractivity contribution in [3.05, 3.63) is 35.6 Å². The molecule has 23 heavy (non-hydrogen) atoms. The van der Waals surface area contributed by atoms with Crippen molar-refractivity contribution in [3.8, 4) is 0 Å². The van der Waals surface area contributed by atoms with E-state index in [0.717, 1.165) is 12.8 Å². The number of benzene rings is 1. The molecular weight excluding hydrogens is 301 g/mol. The Labute approximate surface area is 133 Å². The summed E-state index contributed by atoms with van der Waals surface area (Å²) in [5.74, 6) is -1.04. The third kappa shape index (κ3) is 3.86. The number of halogens is 1. The number of amides is 2. The average molecular weight is 321 g/mol. The van der Waals surface area contributed by atoms with Gasteiger partial charge in [0.05, 0.1) is 6.61 Å². The molecule has 1 aliphatic carbocycles. The van der Waals surface area contributed by atoms with E-state index in [2.05, 4.69) is 5.32 Å². The minimum absolute atomic E-state index is 0.135. The van der Waals surface area contributed by atoms with E-state index < -0.39 is 18.1 Å². The van der Waals surface area contributed by atoms with E-state index in [4.69, 9.17) is 10.5 Å². The number of morpholine rings is 1. The van der Waals surface area contributed by atoms with E-state index in [9.17, 15) is 14.0 Å². The molecule has 1 heterocycles. The van der Waals surface area contributed by atoms with Crippen molar-refractivity contribution >= 4 is 11.8 Å². The first-order valence-corrected chi connectivity index (χ1v) is 7.75. The smallest absolute Gasteiger partial charge is 0.247 e. The molecule has 3 N–H and O–H groups in total. The molecule has 1 aromatic carbocycles. The van der Waals surface area contributed by atoms with Crippen LogP contribution in [0.25, 0.3) is 0 Å². The second-order valence-electron chi connectivity index (χ2n) is 5.99. The van der Waals surface area contributed by atoms with Crippen LogP contribution in [0.3, 0.4) is 0 Å². The number of rotatable bonds is 5. The Balaban J connectivity index is 1.82. The van der Waals surface area contributed by atoms with Crippen molar-refractivity contribution in [1.29, 1.82) is 0 Å². The summed E-state index contributed by atoms with van der Waals surface area (Å²) in [5, 5.41) is 2.98. The molecule has 124 valence electrons. The van der Waals surface area contributed by atoms with Crippen LogP contribution in [0.5, 0.6) is 0 Å². The number of carbonyl (C=O) groups is 2. The molecule has 2 amide bonds. The molecule has 3 rings (SSSR count). The Morgan fingerprint density at radius 2 is 2.00 bits per heavy atom. The van der Waals surface area contributed by atoms with Crippen LogP contribution in [0.4, 0.5) is 4.39 Å². The number of primary amides is 1. The second kappa shape index (κ2) is 6.64. The molecule has 0 aromatic heterocycles. The zero-order valence-electron chi connectivity index (χ0n) is 12.7. The minimum atomic E-state index is -0.736. The molecule has 1 saturated heterocycles. The third-order valence-corrected chi connectivity index (χ3v) is 4.14. The topological polar surface area (TPSA) is 84.7 Å². The summed E-state index contributed by atoms with van der Waals surface area (Å²) in [7, 11) is 0. The van der Waals surface area contributed by atoms with Crippen LogP contribution >= 0.6 is 0 Å². The van der Waals surface area contributed by atoms with Gasteiger partial charge in [0.15, 0.2) is 0 Å². The lowest BCUT2D eigenvalue weighted by molar-refractivity contribution is -0.141. The normalized spacial score (nSPS) is 23.3. The van der Waals surface area contributed by atoms with Crippen LogP contribution in [-0.2, 0) is 14.3 Å². The minimum Gasteiger partial charge on any atom is -0.367 e. The molecule has 0 spiro atoms. The molecular formula is C16H20FN3O3. The van der Waals surface area contributed by atoms with Crippen LogP contribution < -0.4 is 11.1 Å². The number of carbonyl (C=O) groups excluding carboxylic acids is 2. The van der Waals surface area contributed by atoms with Crippen molar-refractivity contribution in [2.24, 2.45) is 5.73 Å². The van der Waals surface area contributed by atoms with E-state index in [1.807, 2.05) is 4.90 Å². The van der Waals surface area contributed by atoms with Gasteiger partial charge in [0.1, 0.15) is 18.0 Å². The fraction of sp³-hybridized carbons (Fsp3) is 0.500. The first-order chi connectivity index (χ1) is 11.0. The highest BCUT2D eigenvalue weighted by Crippen LogP contribution is 2.26. The largest absolute Gasteiger partial charge is 0.367 e. The number of nitrogens with one attached hydrogen (secondary N) is 1. The number of ether oxygens (including phenoxy) is 1. The summed E-state index contributed by atoms with van der Waals surface area (Å²) < 4.78 is 18.5. The fourth-order valence-corrected chi connectivity index (χ4v) is 2.76. The van der Waals surface area contributed by atoms with Crippen LogP contribution in [0.15, 0.2) is 24.3 Å². The lowest BCUT2D eigenvalue weighted by Crippen LogP contribution is -2.52. The van der Waals surface area contributed by atoms with Gasteiger partial charge in [-0.2, -0.15) is 0 Å². The molecule has 0 bridgehead atoms. The molecule has 2 aliphatic rings. The first kappa shape index (κ1) is 15.9. The van der Waals surface area contributed by atoms with Crippen LogP contribution in [-0.4, -0.2) is 48.6 Å². The average Bonchev–Trinajstić information content (AvgIpc) is 3.34. The maximum atomic E-state index is 13.2. The van der Waals surface area contributed by atoms with Crippen molar-refractivity contribution in [2.75, 3.05) is 19.7 Å². The number of nitrogens with two attached hydrogens (primary N) is 1. The number of hydrogen-bond donors (Lipinski definition) is 2. The highest BCUT2D eigenvalue weighted by Gasteiger charge is 2.36. The third-order valence-electron chi connectivity index (χ3n) is 4.14. The molecule has 2 fully saturated rings. The molecule has 0 unspecified atom stereocenters. The summed E-state index contributed by atoms with van der Waals surface area (Å²) in [5.41, 5.74) is 6.00. The molecule has 6 nitrogen and oxygen atoms in total. The lowest BCUT2D eigenvalue weighted by atomic mass is 10.0. The number of hydrogen-bond acceptors (Lipinski definition) is 4. The van der Waals surface area contributed by atoms with E-state index in [1.165, 1.54) is 12.1 Å². The van der Waals surface area contributed by atoms with Gasteiger partial charge in [0.2, 0.25) is 11.8 Å². The molecule has 1 saturated carbocycles. The van der Waals surface area contributed by atoms with E-state index >= 15 is 0 Å². The molecule has 7 heteroatoms. The fourth-order valence-electron chi connectivity index (χ4n) is 2.76. The van der Waals surface area contributed by atoms with Gasteiger partial charge >= 0.3 is 0 Å². The van der Waals surface area contributed by atoms with Gasteiger partial charge in [-0.15, -0.1) is 0 Å². The molecule has 2 atom stereocenters. The van der Waals surface area contributed by atoms with E-state index in [-0.39, 0.29) is 24.3 Å². The predicted octanol–water partition coefficient (Wildman–Crippen LogP) is 0.332. The number of nitrogens with zero attached hydrogens (tertiary/aromatic N) is 1. The van der Waals surface area contributed by atoms with Gasteiger partial charge in [-0.1, -0.05) is 12.1 Å².